The second kappa shape index (κ2) is 8.48. The number of aromatic nitrogens is 1. The quantitative estimate of drug-likeness (QED) is 0.635. The van der Waals surface area contributed by atoms with Crippen molar-refractivity contribution in [1.82, 2.24) is 15.6 Å². The van der Waals surface area contributed by atoms with Crippen LogP contribution in [0.3, 0.4) is 0 Å². The van der Waals surface area contributed by atoms with Crippen LogP contribution in [0.2, 0.25) is 0 Å². The topological polar surface area (TPSA) is 49.3 Å². The van der Waals surface area contributed by atoms with E-state index in [9.17, 15) is 0 Å². The monoisotopic (exact) mass is 322 g/mol. The highest BCUT2D eigenvalue weighted by Gasteiger charge is 2.10. The van der Waals surface area contributed by atoms with Crippen molar-refractivity contribution in [1.29, 1.82) is 0 Å². The van der Waals surface area contributed by atoms with Crippen molar-refractivity contribution in [3.63, 3.8) is 0 Å². The van der Waals surface area contributed by atoms with Gasteiger partial charge in [0.05, 0.1) is 6.54 Å². The predicted octanol–water partition coefficient (Wildman–Crippen LogP) is 2.87. The minimum atomic E-state index is 0.714. The fourth-order valence-electron chi connectivity index (χ4n) is 3.09. The van der Waals surface area contributed by atoms with Gasteiger partial charge in [-0.1, -0.05) is 24.3 Å². The van der Waals surface area contributed by atoms with Crippen LogP contribution >= 0.6 is 0 Å². The van der Waals surface area contributed by atoms with E-state index in [0.717, 1.165) is 31.2 Å². The van der Waals surface area contributed by atoms with Crippen molar-refractivity contribution < 1.29 is 0 Å². The van der Waals surface area contributed by atoms with E-state index in [1.807, 2.05) is 18.3 Å². The molecule has 2 N–H and O–H groups in total. The summed E-state index contributed by atoms with van der Waals surface area (Å²) in [7, 11) is 0. The fourth-order valence-corrected chi connectivity index (χ4v) is 3.09. The molecular formula is C20H26N4. The number of pyridine rings is 1. The van der Waals surface area contributed by atoms with Gasteiger partial charge in [0.1, 0.15) is 0 Å². The summed E-state index contributed by atoms with van der Waals surface area (Å²) in [4.78, 5) is 9.06. The maximum Gasteiger partial charge on any atom is 0.191 e. The van der Waals surface area contributed by atoms with E-state index in [2.05, 4.69) is 46.8 Å². The Kier molecular flexibility index (Phi) is 5.83. The fraction of sp³-hybridized carbons (Fsp3) is 0.400. The van der Waals surface area contributed by atoms with Gasteiger partial charge in [-0.3, -0.25) is 4.98 Å². The molecule has 1 aromatic heterocycles. The molecule has 1 aliphatic carbocycles. The van der Waals surface area contributed by atoms with Crippen molar-refractivity contribution in [2.75, 3.05) is 13.1 Å². The molecule has 0 saturated heterocycles. The van der Waals surface area contributed by atoms with E-state index in [-0.39, 0.29) is 0 Å². The van der Waals surface area contributed by atoms with Gasteiger partial charge in [0.2, 0.25) is 0 Å². The SMILES string of the molecule is CCNC(=NCc1ccc2c(c1)CCC2)NCCc1ccccn1. The van der Waals surface area contributed by atoms with Crippen molar-refractivity contribution >= 4 is 5.96 Å². The van der Waals surface area contributed by atoms with Gasteiger partial charge < -0.3 is 10.6 Å². The van der Waals surface area contributed by atoms with Crippen LogP contribution in [0.25, 0.3) is 0 Å². The summed E-state index contributed by atoms with van der Waals surface area (Å²) in [6, 6.07) is 12.8. The van der Waals surface area contributed by atoms with Gasteiger partial charge in [0.25, 0.3) is 0 Å². The van der Waals surface area contributed by atoms with Gasteiger partial charge in [0, 0.05) is 31.4 Å². The van der Waals surface area contributed by atoms with E-state index in [1.165, 1.54) is 36.0 Å². The highest BCUT2D eigenvalue weighted by Crippen LogP contribution is 2.23. The van der Waals surface area contributed by atoms with Crippen molar-refractivity contribution in [3.8, 4) is 0 Å². The van der Waals surface area contributed by atoms with Crippen LogP contribution in [0.5, 0.6) is 0 Å². The van der Waals surface area contributed by atoms with Crippen LogP contribution in [0.4, 0.5) is 0 Å². The number of guanidine groups is 1. The summed E-state index contributed by atoms with van der Waals surface area (Å²) in [6.07, 6.45) is 6.47. The number of fused-ring (bicyclic) bond motifs is 1. The Balaban J connectivity index is 1.55. The zero-order valence-electron chi connectivity index (χ0n) is 14.4. The molecule has 24 heavy (non-hydrogen) atoms. The third kappa shape index (κ3) is 4.57. The highest BCUT2D eigenvalue weighted by molar-refractivity contribution is 5.79. The Morgan fingerprint density at radius 2 is 2.04 bits per heavy atom. The molecular weight excluding hydrogens is 296 g/mol. The van der Waals surface area contributed by atoms with Crippen molar-refractivity contribution in [3.05, 3.63) is 65.0 Å². The van der Waals surface area contributed by atoms with Gasteiger partial charge >= 0.3 is 0 Å². The first kappa shape index (κ1) is 16.5. The lowest BCUT2D eigenvalue weighted by atomic mass is 10.1. The molecule has 4 nitrogen and oxygen atoms in total. The average molecular weight is 322 g/mol. The molecule has 3 rings (SSSR count). The highest BCUT2D eigenvalue weighted by atomic mass is 15.2. The Labute approximate surface area is 144 Å². The first-order valence-corrected chi connectivity index (χ1v) is 8.88. The molecule has 0 radical (unpaired) electrons. The van der Waals surface area contributed by atoms with E-state index in [0.29, 0.717) is 6.54 Å². The minimum absolute atomic E-state index is 0.714. The van der Waals surface area contributed by atoms with Gasteiger partial charge in [-0.25, -0.2) is 4.99 Å². The molecule has 0 fully saturated rings. The maximum absolute atomic E-state index is 4.71. The lowest BCUT2D eigenvalue weighted by molar-refractivity contribution is 0.788. The normalized spacial score (nSPS) is 13.6. The molecule has 1 heterocycles. The molecule has 0 aliphatic heterocycles. The number of hydrogen-bond acceptors (Lipinski definition) is 2. The molecule has 1 aliphatic rings. The van der Waals surface area contributed by atoms with E-state index >= 15 is 0 Å². The number of hydrogen-bond donors (Lipinski definition) is 2. The number of rotatable bonds is 6. The third-order valence-corrected chi connectivity index (χ3v) is 4.33. The van der Waals surface area contributed by atoms with Crippen LogP contribution in [-0.2, 0) is 25.8 Å². The van der Waals surface area contributed by atoms with Gasteiger partial charge in [0.15, 0.2) is 5.96 Å². The van der Waals surface area contributed by atoms with Crippen molar-refractivity contribution in [2.24, 2.45) is 4.99 Å². The van der Waals surface area contributed by atoms with Crippen LogP contribution < -0.4 is 10.6 Å². The largest absolute Gasteiger partial charge is 0.357 e. The molecule has 0 bridgehead atoms. The molecule has 126 valence electrons. The van der Waals surface area contributed by atoms with Crippen LogP contribution in [0, 0.1) is 0 Å². The predicted molar refractivity (Wildman–Crippen MR) is 99.2 cm³/mol. The molecule has 1 aromatic carbocycles. The lowest BCUT2D eigenvalue weighted by Gasteiger charge is -2.11. The first-order chi connectivity index (χ1) is 11.8. The number of benzene rings is 1. The number of nitrogens with zero attached hydrogens (tertiary/aromatic N) is 2. The zero-order valence-corrected chi connectivity index (χ0v) is 14.4. The summed E-state index contributed by atoms with van der Waals surface area (Å²) in [6.45, 7) is 4.49. The van der Waals surface area contributed by atoms with Gasteiger partial charge in [-0.15, -0.1) is 0 Å². The van der Waals surface area contributed by atoms with Gasteiger partial charge in [-0.05, 0) is 55.0 Å². The number of aryl methyl sites for hydroxylation is 2. The summed E-state index contributed by atoms with van der Waals surface area (Å²) >= 11 is 0. The molecule has 0 spiro atoms. The lowest BCUT2D eigenvalue weighted by Crippen LogP contribution is -2.38. The summed E-state index contributed by atoms with van der Waals surface area (Å²) in [5, 5.41) is 6.70. The Morgan fingerprint density at radius 1 is 1.12 bits per heavy atom. The Bertz CT molecular complexity index is 679. The molecule has 0 saturated carbocycles. The summed E-state index contributed by atoms with van der Waals surface area (Å²) < 4.78 is 0. The Morgan fingerprint density at radius 3 is 2.88 bits per heavy atom. The van der Waals surface area contributed by atoms with E-state index in [4.69, 9.17) is 4.99 Å². The molecule has 2 aromatic rings. The molecule has 0 atom stereocenters. The standard InChI is InChI=1S/C20H26N4/c1-2-21-20(23-13-11-19-8-3-4-12-22-19)24-15-16-9-10-17-6-5-7-18(17)14-16/h3-4,8-10,12,14H,2,5-7,11,13,15H2,1H3,(H2,21,23,24). The zero-order chi connectivity index (χ0) is 16.6. The number of nitrogens with one attached hydrogen (secondary N) is 2. The van der Waals surface area contributed by atoms with Crippen LogP contribution in [-0.4, -0.2) is 24.0 Å². The van der Waals surface area contributed by atoms with E-state index in [1.54, 1.807) is 0 Å². The van der Waals surface area contributed by atoms with E-state index < -0.39 is 0 Å². The number of aliphatic imine (C=N–C) groups is 1. The minimum Gasteiger partial charge on any atom is -0.357 e. The molecule has 4 heteroatoms. The second-order valence-electron chi connectivity index (χ2n) is 6.15. The summed E-state index contributed by atoms with van der Waals surface area (Å²) in [5.41, 5.74) is 5.41. The first-order valence-electron chi connectivity index (χ1n) is 8.88. The summed E-state index contributed by atoms with van der Waals surface area (Å²) in [5.74, 6) is 0.869. The van der Waals surface area contributed by atoms with Gasteiger partial charge in [-0.2, -0.15) is 0 Å². The smallest absolute Gasteiger partial charge is 0.191 e. The average Bonchev–Trinajstić information content (AvgIpc) is 3.08. The van der Waals surface area contributed by atoms with Crippen LogP contribution in [0.15, 0.2) is 47.6 Å². The Hall–Kier alpha value is -2.36. The third-order valence-electron chi connectivity index (χ3n) is 4.33. The molecule has 0 unspecified atom stereocenters. The van der Waals surface area contributed by atoms with Crippen LogP contribution in [0.1, 0.15) is 35.7 Å². The second-order valence-corrected chi connectivity index (χ2v) is 6.15. The van der Waals surface area contributed by atoms with Crippen molar-refractivity contribution in [2.45, 2.75) is 39.2 Å². The maximum atomic E-state index is 4.71. The molecule has 0 amide bonds.